The van der Waals surface area contributed by atoms with Crippen molar-refractivity contribution in [3.05, 3.63) is 6.92 Å². The molecule has 0 heterocycles. The van der Waals surface area contributed by atoms with Crippen LogP contribution in [0.2, 0.25) is 0 Å². The number of hydrogen-bond donors (Lipinski definition) is 1. The van der Waals surface area contributed by atoms with E-state index in [2.05, 4.69) is 6.92 Å². The molecule has 0 saturated carbocycles. The second-order valence-corrected chi connectivity index (χ2v) is 2.42. The van der Waals surface area contributed by atoms with E-state index in [-0.39, 0.29) is 5.97 Å². The van der Waals surface area contributed by atoms with E-state index in [1.165, 1.54) is 0 Å². The molecular weight excluding hydrogens is 142 g/mol. The first-order valence-electron chi connectivity index (χ1n) is 3.93. The minimum Gasteiger partial charge on any atom is -0.465 e. The Bertz CT molecular complexity index is 115. The average molecular weight is 158 g/mol. The van der Waals surface area contributed by atoms with Crippen LogP contribution in [0.4, 0.5) is 0 Å². The molecule has 0 aliphatic heterocycles. The topological polar surface area (TPSA) is 52.3 Å². The van der Waals surface area contributed by atoms with Crippen LogP contribution in [0.15, 0.2) is 0 Å². The highest BCUT2D eigenvalue weighted by Gasteiger charge is 2.12. The molecule has 0 saturated heterocycles. The van der Waals surface area contributed by atoms with Gasteiger partial charge < -0.3 is 10.5 Å². The summed E-state index contributed by atoms with van der Waals surface area (Å²) in [6, 6.07) is -0.452. The first-order chi connectivity index (χ1) is 5.22. The minimum absolute atomic E-state index is 0.310. The Morgan fingerprint density at radius 1 is 1.73 bits per heavy atom. The molecule has 0 spiro atoms. The number of carbonyl (C=O) groups is 1. The van der Waals surface area contributed by atoms with Gasteiger partial charge in [-0.25, -0.2) is 0 Å². The average Bonchev–Trinajstić information content (AvgIpc) is 2.00. The zero-order chi connectivity index (χ0) is 8.69. The molecule has 1 unspecified atom stereocenters. The first-order valence-corrected chi connectivity index (χ1v) is 3.93. The van der Waals surface area contributed by atoms with Crippen molar-refractivity contribution >= 4 is 5.97 Å². The van der Waals surface area contributed by atoms with Crippen molar-refractivity contribution in [2.45, 2.75) is 32.2 Å². The molecule has 0 aromatic heterocycles. The summed E-state index contributed by atoms with van der Waals surface area (Å²) in [5.74, 6) is -0.310. The van der Waals surface area contributed by atoms with E-state index >= 15 is 0 Å². The molecule has 3 nitrogen and oxygen atoms in total. The van der Waals surface area contributed by atoms with Crippen LogP contribution in [-0.2, 0) is 9.53 Å². The lowest BCUT2D eigenvalue weighted by Gasteiger charge is -2.08. The third-order valence-corrected chi connectivity index (χ3v) is 1.29. The molecular formula is C8H16NO2. The largest absolute Gasteiger partial charge is 0.465 e. The maximum atomic E-state index is 10.9. The van der Waals surface area contributed by atoms with Crippen LogP contribution in [0.3, 0.4) is 0 Å². The summed E-state index contributed by atoms with van der Waals surface area (Å²) in [7, 11) is 0. The molecule has 0 aliphatic carbocycles. The molecule has 0 bridgehead atoms. The van der Waals surface area contributed by atoms with Gasteiger partial charge in [0.05, 0.1) is 6.61 Å². The van der Waals surface area contributed by atoms with Gasteiger partial charge in [-0.15, -0.1) is 0 Å². The van der Waals surface area contributed by atoms with Crippen LogP contribution < -0.4 is 5.73 Å². The van der Waals surface area contributed by atoms with E-state index in [1.807, 2.05) is 6.92 Å². The Morgan fingerprint density at radius 2 is 2.36 bits per heavy atom. The van der Waals surface area contributed by atoms with Crippen LogP contribution in [-0.4, -0.2) is 18.6 Å². The predicted molar refractivity (Wildman–Crippen MR) is 43.8 cm³/mol. The number of esters is 1. The first kappa shape index (κ1) is 10.4. The summed E-state index contributed by atoms with van der Waals surface area (Å²) in [5.41, 5.74) is 5.47. The standard InChI is InChI=1S/C8H16NO2/c1-3-5-7(9)8(10)11-6-4-2/h7H,2-6,9H2,1H3. The van der Waals surface area contributed by atoms with Crippen molar-refractivity contribution < 1.29 is 9.53 Å². The summed E-state index contributed by atoms with van der Waals surface area (Å²) >= 11 is 0. The number of hydrogen-bond acceptors (Lipinski definition) is 3. The maximum absolute atomic E-state index is 10.9. The Kier molecular flexibility index (Phi) is 5.84. The van der Waals surface area contributed by atoms with E-state index < -0.39 is 6.04 Å². The molecule has 2 N–H and O–H groups in total. The van der Waals surface area contributed by atoms with Crippen molar-refractivity contribution in [2.75, 3.05) is 6.61 Å². The van der Waals surface area contributed by atoms with Crippen molar-refractivity contribution in [1.82, 2.24) is 0 Å². The molecule has 0 aliphatic rings. The third-order valence-electron chi connectivity index (χ3n) is 1.29. The van der Waals surface area contributed by atoms with Gasteiger partial charge in [-0.3, -0.25) is 4.79 Å². The van der Waals surface area contributed by atoms with E-state index in [1.54, 1.807) is 0 Å². The normalized spacial score (nSPS) is 12.6. The minimum atomic E-state index is -0.452. The SMILES string of the molecule is [CH2]CCOC(=O)C(N)CCC. The molecule has 1 radical (unpaired) electrons. The van der Waals surface area contributed by atoms with Gasteiger partial charge in [0.2, 0.25) is 0 Å². The van der Waals surface area contributed by atoms with Crippen LogP contribution in [0.1, 0.15) is 26.2 Å². The van der Waals surface area contributed by atoms with Gasteiger partial charge >= 0.3 is 5.97 Å². The quantitative estimate of drug-likeness (QED) is 0.604. The Labute approximate surface area is 67.9 Å². The molecule has 0 fully saturated rings. The van der Waals surface area contributed by atoms with Crippen LogP contribution >= 0.6 is 0 Å². The van der Waals surface area contributed by atoms with E-state index in [9.17, 15) is 4.79 Å². The highest BCUT2D eigenvalue weighted by Crippen LogP contribution is 1.96. The number of ether oxygens (including phenoxy) is 1. The van der Waals surface area contributed by atoms with Crippen LogP contribution in [0.5, 0.6) is 0 Å². The lowest BCUT2D eigenvalue weighted by molar-refractivity contribution is -0.145. The van der Waals surface area contributed by atoms with Crippen LogP contribution in [0.25, 0.3) is 0 Å². The van der Waals surface area contributed by atoms with Crippen molar-refractivity contribution in [1.29, 1.82) is 0 Å². The van der Waals surface area contributed by atoms with Gasteiger partial charge in [0.1, 0.15) is 6.04 Å². The molecule has 0 aromatic carbocycles. The molecule has 11 heavy (non-hydrogen) atoms. The smallest absolute Gasteiger partial charge is 0.322 e. The molecule has 0 amide bonds. The van der Waals surface area contributed by atoms with Gasteiger partial charge in [0.25, 0.3) is 0 Å². The Hall–Kier alpha value is -0.570. The van der Waals surface area contributed by atoms with Gasteiger partial charge in [0, 0.05) is 0 Å². The second kappa shape index (κ2) is 6.16. The summed E-state index contributed by atoms with van der Waals surface area (Å²) in [6.45, 7) is 5.90. The molecule has 3 heteroatoms. The lowest BCUT2D eigenvalue weighted by Crippen LogP contribution is -2.32. The molecule has 0 rings (SSSR count). The molecule has 65 valence electrons. The lowest BCUT2D eigenvalue weighted by atomic mass is 10.2. The fourth-order valence-electron chi connectivity index (χ4n) is 0.709. The number of carbonyl (C=O) groups excluding carboxylic acids is 1. The van der Waals surface area contributed by atoms with Crippen molar-refractivity contribution in [2.24, 2.45) is 5.73 Å². The molecule has 0 aromatic rings. The Morgan fingerprint density at radius 3 is 2.82 bits per heavy atom. The van der Waals surface area contributed by atoms with E-state index in [4.69, 9.17) is 10.5 Å². The van der Waals surface area contributed by atoms with E-state index in [0.29, 0.717) is 19.4 Å². The van der Waals surface area contributed by atoms with Gasteiger partial charge in [0.15, 0.2) is 0 Å². The van der Waals surface area contributed by atoms with Crippen molar-refractivity contribution in [3.63, 3.8) is 0 Å². The van der Waals surface area contributed by atoms with Gasteiger partial charge in [-0.05, 0) is 19.8 Å². The summed E-state index contributed by atoms with van der Waals surface area (Å²) in [5, 5.41) is 0. The zero-order valence-corrected chi connectivity index (χ0v) is 7.01. The van der Waals surface area contributed by atoms with Gasteiger partial charge in [-0.1, -0.05) is 13.3 Å². The number of rotatable bonds is 5. The Balaban J connectivity index is 3.47. The maximum Gasteiger partial charge on any atom is 0.322 e. The highest BCUT2D eigenvalue weighted by atomic mass is 16.5. The fraction of sp³-hybridized carbons (Fsp3) is 0.750. The zero-order valence-electron chi connectivity index (χ0n) is 7.01. The van der Waals surface area contributed by atoms with Crippen molar-refractivity contribution in [3.8, 4) is 0 Å². The fourth-order valence-corrected chi connectivity index (χ4v) is 0.709. The third kappa shape index (κ3) is 4.79. The summed E-state index contributed by atoms with van der Waals surface area (Å²) < 4.78 is 4.78. The predicted octanol–water partition coefficient (Wildman–Crippen LogP) is 0.881. The van der Waals surface area contributed by atoms with Crippen LogP contribution in [0, 0.1) is 6.92 Å². The second-order valence-electron chi connectivity index (χ2n) is 2.42. The monoisotopic (exact) mass is 158 g/mol. The summed E-state index contributed by atoms with van der Waals surface area (Å²) in [4.78, 5) is 10.9. The van der Waals surface area contributed by atoms with E-state index in [0.717, 1.165) is 6.42 Å². The number of nitrogens with two attached hydrogens (primary N) is 1. The summed E-state index contributed by atoms with van der Waals surface area (Å²) in [6.07, 6.45) is 2.20. The highest BCUT2D eigenvalue weighted by molar-refractivity contribution is 5.75. The van der Waals surface area contributed by atoms with Gasteiger partial charge in [-0.2, -0.15) is 0 Å². The molecule has 1 atom stereocenters.